The van der Waals surface area contributed by atoms with Crippen LogP contribution in [0.1, 0.15) is 0 Å². The molecule has 5 rings (SSSR count). The van der Waals surface area contributed by atoms with Crippen LogP contribution in [0.2, 0.25) is 5.28 Å². The second-order valence-electron chi connectivity index (χ2n) is 5.08. The van der Waals surface area contributed by atoms with Gasteiger partial charge in [0, 0.05) is 19.6 Å². The first-order chi connectivity index (χ1) is 8.77. The first-order valence-electron chi connectivity index (χ1n) is 6.22. The molecule has 3 saturated heterocycles. The quantitative estimate of drug-likeness (QED) is 0.473. The Labute approximate surface area is 121 Å². The van der Waals surface area contributed by atoms with Crippen LogP contribution in [0.3, 0.4) is 0 Å². The zero-order valence-corrected chi connectivity index (χ0v) is 11.8. The monoisotopic (exact) mass is 300 g/mol. The summed E-state index contributed by atoms with van der Waals surface area (Å²) in [4.78, 5) is 18.5. The maximum Gasteiger partial charge on any atom is 0.258 e. The second kappa shape index (κ2) is 4.56. The third kappa shape index (κ3) is 1.90. The van der Waals surface area contributed by atoms with Crippen molar-refractivity contribution in [3.05, 3.63) is 11.6 Å². The van der Waals surface area contributed by atoms with Crippen molar-refractivity contribution in [1.29, 1.82) is 0 Å². The van der Waals surface area contributed by atoms with Crippen molar-refractivity contribution in [1.82, 2.24) is 29.3 Å². The topological polar surface area (TPSA) is 57.7 Å². The van der Waals surface area contributed by atoms with E-state index in [-0.39, 0.29) is 12.4 Å². The number of rotatable bonds is 1. The lowest BCUT2D eigenvalue weighted by atomic mass is 10.1. The number of nitrogens with zero attached hydrogens (tertiary/aromatic N) is 5. The Morgan fingerprint density at radius 1 is 1.16 bits per heavy atom. The summed E-state index contributed by atoms with van der Waals surface area (Å²) < 4.78 is 0.914. The number of hydrogen-bond donors (Lipinski definition) is 1. The molecule has 6 nitrogen and oxygen atoms in total. The third-order valence-electron chi connectivity index (χ3n) is 4.22. The van der Waals surface area contributed by atoms with Crippen LogP contribution in [-0.2, 0) is 0 Å². The lowest BCUT2D eigenvalue weighted by molar-refractivity contribution is -0.00000390. The van der Waals surface area contributed by atoms with Crippen molar-refractivity contribution >= 4 is 28.6 Å². The molecule has 3 aliphatic heterocycles. The number of halogens is 2. The summed E-state index contributed by atoms with van der Waals surface area (Å²) in [5.74, 6) is 1.02. The van der Waals surface area contributed by atoms with Crippen molar-refractivity contribution in [2.24, 2.45) is 0 Å². The van der Waals surface area contributed by atoms with Gasteiger partial charge in [0.1, 0.15) is 0 Å². The van der Waals surface area contributed by atoms with Crippen LogP contribution >= 0.6 is 11.6 Å². The Bertz CT molecular complexity index is 590. The van der Waals surface area contributed by atoms with E-state index in [1.807, 2.05) is 0 Å². The Balaban J connectivity index is 0.00000110. The van der Waals surface area contributed by atoms with E-state index < -0.39 is 0 Å². The zero-order valence-electron chi connectivity index (χ0n) is 10.3. The van der Waals surface area contributed by atoms with Gasteiger partial charge >= 0.3 is 0 Å². The molecule has 0 radical (unpaired) electrons. The summed E-state index contributed by atoms with van der Waals surface area (Å²) >= 11 is 6.04. The molecule has 0 saturated carbocycles. The van der Waals surface area contributed by atoms with Crippen LogP contribution < -0.4 is 16.9 Å². The van der Waals surface area contributed by atoms with Crippen LogP contribution in [0, 0.1) is 0 Å². The van der Waals surface area contributed by atoms with E-state index in [0.717, 1.165) is 55.1 Å². The number of aromatic nitrogens is 4. The summed E-state index contributed by atoms with van der Waals surface area (Å²) in [7, 11) is 0. The van der Waals surface area contributed by atoms with Gasteiger partial charge in [0.25, 0.3) is 5.82 Å². The summed E-state index contributed by atoms with van der Waals surface area (Å²) in [5.41, 5.74) is 1.61. The average molecular weight is 301 g/mol. The van der Waals surface area contributed by atoms with E-state index in [1.54, 1.807) is 6.33 Å². The molecule has 0 aromatic carbocycles. The van der Waals surface area contributed by atoms with Crippen LogP contribution in [0.15, 0.2) is 6.33 Å². The molecule has 102 valence electrons. The smallest absolute Gasteiger partial charge is 0.258 e. The second-order valence-corrected chi connectivity index (χ2v) is 5.41. The molecule has 5 heterocycles. The van der Waals surface area contributed by atoms with Gasteiger partial charge in [-0.25, -0.2) is 4.98 Å². The molecule has 3 aliphatic rings. The molecule has 19 heavy (non-hydrogen) atoms. The van der Waals surface area contributed by atoms with Gasteiger partial charge in [0.2, 0.25) is 5.28 Å². The molecule has 0 spiro atoms. The predicted octanol–water partition coefficient (Wildman–Crippen LogP) is -2.35. The third-order valence-corrected chi connectivity index (χ3v) is 4.39. The SMILES string of the molecule is Clc1nc([N+]23CCN(CC2)CC3)c2[nH]cnc2n1.[Cl-]. The number of H-pyrrole nitrogens is 1. The first-order valence-corrected chi connectivity index (χ1v) is 6.60. The number of hydrogen-bond acceptors (Lipinski definition) is 4. The molecule has 2 aromatic heterocycles. The lowest BCUT2D eigenvalue weighted by Gasteiger charge is -2.49. The largest absolute Gasteiger partial charge is 1.00 e. The number of fused-ring (bicyclic) bond motifs is 4. The molecule has 0 atom stereocenters. The highest BCUT2D eigenvalue weighted by atomic mass is 35.5. The fourth-order valence-corrected chi connectivity index (χ4v) is 3.28. The maximum atomic E-state index is 6.04. The van der Waals surface area contributed by atoms with Gasteiger partial charge in [0.15, 0.2) is 11.2 Å². The fraction of sp³-hybridized carbons (Fsp3) is 0.545. The fourth-order valence-electron chi connectivity index (χ4n) is 3.12. The summed E-state index contributed by atoms with van der Waals surface area (Å²) in [6.45, 7) is 6.70. The molecule has 2 bridgehead atoms. The van der Waals surface area contributed by atoms with Gasteiger partial charge in [-0.1, -0.05) is 0 Å². The normalized spacial score (nSPS) is 29.4. The number of imidazole rings is 1. The van der Waals surface area contributed by atoms with Crippen molar-refractivity contribution in [2.45, 2.75) is 0 Å². The summed E-state index contributed by atoms with van der Waals surface area (Å²) in [6, 6.07) is 0. The standard InChI is InChI=1S/C11H14ClN6.ClH/c12-11-15-9-8(13-7-14-9)10(16-11)18-4-1-17(2-5-18)3-6-18;/h7H,1-6H2,(H,13,14,15,16);1H/q+1;/p-1. The number of aromatic amines is 1. The molecule has 3 fully saturated rings. The minimum Gasteiger partial charge on any atom is -1.00 e. The zero-order chi connectivity index (χ0) is 12.2. The Morgan fingerprint density at radius 2 is 1.84 bits per heavy atom. The van der Waals surface area contributed by atoms with Crippen LogP contribution in [-0.4, -0.2) is 64.1 Å². The highest BCUT2D eigenvalue weighted by Crippen LogP contribution is 2.32. The molecular weight excluding hydrogens is 287 g/mol. The maximum absolute atomic E-state index is 6.04. The highest BCUT2D eigenvalue weighted by molar-refractivity contribution is 6.28. The molecule has 0 aliphatic carbocycles. The number of piperazine rings is 3. The van der Waals surface area contributed by atoms with Crippen molar-refractivity contribution < 1.29 is 12.4 Å². The van der Waals surface area contributed by atoms with Gasteiger partial charge < -0.3 is 17.4 Å². The number of quaternary nitrogens is 1. The van der Waals surface area contributed by atoms with E-state index in [4.69, 9.17) is 11.6 Å². The molecule has 0 unspecified atom stereocenters. The average Bonchev–Trinajstić information content (AvgIpc) is 2.88. The molecule has 0 amide bonds. The van der Waals surface area contributed by atoms with E-state index in [1.165, 1.54) is 0 Å². The van der Waals surface area contributed by atoms with E-state index in [0.29, 0.717) is 10.9 Å². The molecule has 1 N–H and O–H groups in total. The van der Waals surface area contributed by atoms with Crippen molar-refractivity contribution in [3.63, 3.8) is 0 Å². The van der Waals surface area contributed by atoms with Crippen LogP contribution in [0.4, 0.5) is 5.82 Å². The van der Waals surface area contributed by atoms with E-state index in [2.05, 4.69) is 24.8 Å². The van der Waals surface area contributed by atoms with Crippen molar-refractivity contribution in [3.8, 4) is 0 Å². The van der Waals surface area contributed by atoms with Gasteiger partial charge in [-0.3, -0.25) is 9.38 Å². The highest BCUT2D eigenvalue weighted by Gasteiger charge is 2.43. The number of nitrogens with one attached hydrogen (secondary N) is 1. The minimum absolute atomic E-state index is 0. The Hall–Kier alpha value is -0.950. The summed E-state index contributed by atoms with van der Waals surface area (Å²) in [6.07, 6.45) is 1.66. The lowest BCUT2D eigenvalue weighted by Crippen LogP contribution is -3.00. The molecule has 8 heteroatoms. The van der Waals surface area contributed by atoms with Gasteiger partial charge in [-0.15, -0.1) is 0 Å². The Morgan fingerprint density at radius 3 is 2.53 bits per heavy atom. The van der Waals surface area contributed by atoms with Crippen LogP contribution in [0.25, 0.3) is 11.2 Å². The van der Waals surface area contributed by atoms with Gasteiger partial charge in [-0.05, 0) is 11.6 Å². The molecule has 2 aromatic rings. The predicted molar refractivity (Wildman–Crippen MR) is 69.5 cm³/mol. The van der Waals surface area contributed by atoms with E-state index in [9.17, 15) is 0 Å². The van der Waals surface area contributed by atoms with Gasteiger partial charge in [-0.2, -0.15) is 9.97 Å². The molecular formula is C11H14Cl2N6. The first kappa shape index (κ1) is 13.1. The van der Waals surface area contributed by atoms with E-state index >= 15 is 0 Å². The van der Waals surface area contributed by atoms with Gasteiger partial charge in [0.05, 0.1) is 26.0 Å². The minimum atomic E-state index is 0. The van der Waals surface area contributed by atoms with Crippen molar-refractivity contribution in [2.75, 3.05) is 39.3 Å². The van der Waals surface area contributed by atoms with Crippen LogP contribution in [0.5, 0.6) is 0 Å². The Kier molecular flexibility index (Phi) is 3.13. The summed E-state index contributed by atoms with van der Waals surface area (Å²) in [5, 5.41) is 0.296.